The van der Waals surface area contributed by atoms with Crippen LogP contribution in [0.1, 0.15) is 25.5 Å². The Balaban J connectivity index is 0.000000692. The molecule has 192 valence electrons. The van der Waals surface area contributed by atoms with E-state index in [0.29, 0.717) is 17.8 Å². The molecule has 1 saturated carbocycles. The zero-order valence-corrected chi connectivity index (χ0v) is 21.4. The number of hydrogen-bond acceptors (Lipinski definition) is 8. The van der Waals surface area contributed by atoms with Gasteiger partial charge in [-0.2, -0.15) is 5.10 Å². The molecular weight excluding hydrogens is 486 g/mol. The van der Waals surface area contributed by atoms with Crippen LogP contribution in [0.5, 0.6) is 0 Å². The van der Waals surface area contributed by atoms with Crippen molar-refractivity contribution in [3.63, 3.8) is 0 Å². The van der Waals surface area contributed by atoms with Crippen molar-refractivity contribution in [2.75, 3.05) is 38.9 Å². The summed E-state index contributed by atoms with van der Waals surface area (Å²) in [7, 11) is 1.92. The summed E-state index contributed by atoms with van der Waals surface area (Å²) < 4.78 is 30.3. The number of anilines is 6. The van der Waals surface area contributed by atoms with Crippen LogP contribution in [-0.4, -0.2) is 47.1 Å². The summed E-state index contributed by atoms with van der Waals surface area (Å²) in [6.07, 6.45) is 3.37. The molecule has 1 atom stereocenters. The van der Waals surface area contributed by atoms with E-state index in [2.05, 4.69) is 38.3 Å². The lowest BCUT2D eigenvalue weighted by molar-refractivity contribution is -0.105. The Labute approximate surface area is 213 Å². The van der Waals surface area contributed by atoms with Crippen molar-refractivity contribution >= 4 is 52.7 Å². The normalized spacial score (nSPS) is 15.8. The van der Waals surface area contributed by atoms with E-state index in [1.54, 1.807) is 10.7 Å². The fourth-order valence-electron chi connectivity index (χ4n) is 3.49. The number of carbonyl (C=O) groups excluding carboxylic acids is 1. The van der Waals surface area contributed by atoms with Gasteiger partial charge >= 0.3 is 0 Å². The Kier molecular flexibility index (Phi) is 7.82. The number of rotatable bonds is 8. The number of nitrogens with one attached hydrogen (secondary N) is 4. The molecule has 1 aromatic carbocycles. The number of nitrogens with zero attached hydrogens (tertiary/aromatic N) is 4. The van der Waals surface area contributed by atoms with Gasteiger partial charge in [0.2, 0.25) is 6.41 Å². The van der Waals surface area contributed by atoms with E-state index < -0.39 is 12.6 Å². The van der Waals surface area contributed by atoms with Gasteiger partial charge in [-0.25, -0.2) is 18.4 Å². The largest absolute Gasteiger partial charge is 0.356 e. The predicted octanol–water partition coefficient (Wildman–Crippen LogP) is 5.45. The molecule has 2 aliphatic rings. The quantitative estimate of drug-likeness (QED) is 0.232. The van der Waals surface area contributed by atoms with Crippen LogP contribution in [0.2, 0.25) is 0 Å². The third-order valence-corrected chi connectivity index (χ3v) is 6.53. The molecule has 1 amide bonds. The summed E-state index contributed by atoms with van der Waals surface area (Å²) in [6, 6.07) is 9.28. The third kappa shape index (κ3) is 5.99. The van der Waals surface area contributed by atoms with E-state index in [1.807, 2.05) is 55.0 Å². The van der Waals surface area contributed by atoms with Gasteiger partial charge < -0.3 is 25.6 Å². The van der Waals surface area contributed by atoms with Crippen molar-refractivity contribution < 1.29 is 13.6 Å². The summed E-state index contributed by atoms with van der Waals surface area (Å²) in [5.74, 6) is 1.54. The topological polar surface area (TPSA) is 99.1 Å². The highest BCUT2D eigenvalue weighted by Gasteiger charge is 2.31. The highest BCUT2D eigenvalue weighted by atomic mass is 32.2. The molecule has 1 fully saturated rings. The van der Waals surface area contributed by atoms with Crippen molar-refractivity contribution in [3.8, 4) is 5.69 Å². The summed E-state index contributed by atoms with van der Waals surface area (Å²) in [5.41, 5.74) is 4.27. The van der Waals surface area contributed by atoms with Crippen LogP contribution >= 0.6 is 11.9 Å². The highest BCUT2D eigenvalue weighted by Crippen LogP contribution is 2.41. The lowest BCUT2D eigenvalue weighted by Crippen LogP contribution is -2.30. The van der Waals surface area contributed by atoms with Gasteiger partial charge in [0.15, 0.2) is 12.0 Å². The minimum atomic E-state index is -2.64. The first-order chi connectivity index (χ1) is 17.3. The van der Waals surface area contributed by atoms with Gasteiger partial charge in [-0.15, -0.1) is 0 Å². The Hall–Kier alpha value is -3.54. The van der Waals surface area contributed by atoms with Crippen molar-refractivity contribution in [2.24, 2.45) is 5.92 Å². The maximum atomic E-state index is 13.3. The van der Waals surface area contributed by atoms with E-state index >= 15 is 0 Å². The van der Waals surface area contributed by atoms with E-state index in [4.69, 9.17) is 0 Å². The molecule has 3 heterocycles. The second-order valence-electron chi connectivity index (χ2n) is 8.73. The molecule has 1 aliphatic carbocycles. The molecule has 36 heavy (non-hydrogen) atoms. The van der Waals surface area contributed by atoms with Crippen LogP contribution in [0, 0.1) is 12.8 Å². The number of halogens is 2. The molecule has 0 saturated heterocycles. The van der Waals surface area contributed by atoms with Crippen LogP contribution in [-0.2, 0) is 4.79 Å². The number of aromatic nitrogens is 3. The second kappa shape index (κ2) is 11.0. The molecule has 1 aliphatic heterocycles. The predicted molar refractivity (Wildman–Crippen MR) is 143 cm³/mol. The maximum Gasteiger partial charge on any atom is 0.276 e. The molecule has 0 radical (unpaired) electrons. The fourth-order valence-corrected chi connectivity index (χ4v) is 3.84. The lowest BCUT2D eigenvalue weighted by atomic mass is 10.2. The summed E-state index contributed by atoms with van der Waals surface area (Å²) >= 11 is 1.52. The van der Waals surface area contributed by atoms with E-state index in [0.717, 1.165) is 28.7 Å². The molecule has 2 aromatic heterocycles. The van der Waals surface area contributed by atoms with Crippen LogP contribution in [0.4, 0.5) is 43.2 Å². The van der Waals surface area contributed by atoms with E-state index in [9.17, 15) is 13.6 Å². The molecule has 4 N–H and O–H groups in total. The van der Waals surface area contributed by atoms with Gasteiger partial charge in [0.25, 0.3) is 6.43 Å². The summed E-state index contributed by atoms with van der Waals surface area (Å²) in [6.45, 7) is 4.20. The van der Waals surface area contributed by atoms with Crippen molar-refractivity contribution in [1.29, 1.82) is 0 Å². The average molecular weight is 517 g/mol. The fraction of sp³-hybridized carbons (Fsp3) is 0.375. The van der Waals surface area contributed by atoms with Crippen molar-refractivity contribution in [1.82, 2.24) is 14.8 Å². The Bertz CT molecular complexity index is 1220. The summed E-state index contributed by atoms with van der Waals surface area (Å²) in [5, 5.41) is 15.6. The number of hydrogen-bond donors (Lipinski definition) is 4. The maximum absolute atomic E-state index is 13.3. The Morgan fingerprint density at radius 2 is 1.97 bits per heavy atom. The van der Waals surface area contributed by atoms with Crippen LogP contribution in [0.15, 0.2) is 36.5 Å². The SMILES string of the molecule is CC1CC1.CSN(C)c1cc(-n2ccc(C)n2)ccc1Nc1cc(NC=O)nc2c1NC(C(F)F)N2. The number of alkyl halides is 2. The van der Waals surface area contributed by atoms with Gasteiger partial charge in [0.05, 0.1) is 28.4 Å². The molecular formula is C24H30F2N8OS. The molecule has 1 unspecified atom stereocenters. The van der Waals surface area contributed by atoms with E-state index in [-0.39, 0.29) is 11.6 Å². The number of pyridine rings is 1. The molecule has 12 heteroatoms. The lowest BCUT2D eigenvalue weighted by Gasteiger charge is -2.22. The average Bonchev–Trinajstić information content (AvgIpc) is 3.32. The van der Waals surface area contributed by atoms with Gasteiger partial charge in [-0.05, 0) is 37.1 Å². The minimum absolute atomic E-state index is 0.230. The minimum Gasteiger partial charge on any atom is -0.356 e. The first-order valence-electron chi connectivity index (χ1n) is 11.6. The van der Waals surface area contributed by atoms with Gasteiger partial charge in [-0.3, -0.25) is 4.79 Å². The van der Waals surface area contributed by atoms with Crippen LogP contribution < -0.4 is 25.6 Å². The van der Waals surface area contributed by atoms with E-state index in [1.165, 1.54) is 24.8 Å². The molecule has 5 rings (SSSR count). The van der Waals surface area contributed by atoms with Gasteiger partial charge in [0, 0.05) is 25.6 Å². The molecule has 3 aromatic rings. The number of fused-ring (bicyclic) bond motifs is 1. The van der Waals surface area contributed by atoms with Crippen molar-refractivity contribution in [2.45, 2.75) is 39.3 Å². The van der Waals surface area contributed by atoms with Crippen LogP contribution in [0.25, 0.3) is 5.69 Å². The number of benzene rings is 1. The second-order valence-corrected chi connectivity index (χ2v) is 9.65. The Morgan fingerprint density at radius 3 is 2.56 bits per heavy atom. The zero-order valence-electron chi connectivity index (χ0n) is 20.5. The first kappa shape index (κ1) is 25.5. The van der Waals surface area contributed by atoms with Gasteiger partial charge in [0.1, 0.15) is 11.5 Å². The summed E-state index contributed by atoms with van der Waals surface area (Å²) in [4.78, 5) is 15.1. The highest BCUT2D eigenvalue weighted by molar-refractivity contribution is 7.99. The van der Waals surface area contributed by atoms with Crippen molar-refractivity contribution in [3.05, 3.63) is 42.2 Å². The number of amides is 1. The number of carbonyl (C=O) groups is 1. The standard InChI is InChI=1S/C20H22F2N8OS.C4H8/c1-11-6-7-30(28-11)12-4-5-13(15(8-12)29(2)32-3)24-14-9-16(23-10-31)25-19-17(14)26-20(27-19)18(21)22;1-4-2-3-4/h4-10,18,20,26H,1-3H3,(H3,23,24,25,27,31);4H,2-3H2,1H3. The van der Waals surface area contributed by atoms with Gasteiger partial charge in [-0.1, -0.05) is 31.7 Å². The third-order valence-electron chi connectivity index (χ3n) is 5.79. The molecule has 0 spiro atoms. The Morgan fingerprint density at radius 1 is 1.22 bits per heavy atom. The first-order valence-corrected chi connectivity index (χ1v) is 12.7. The van der Waals surface area contributed by atoms with Crippen LogP contribution in [0.3, 0.4) is 0 Å². The zero-order chi connectivity index (χ0) is 25.8. The number of aryl methyl sites for hydroxylation is 1. The molecule has 0 bridgehead atoms. The monoisotopic (exact) mass is 516 g/mol. The smallest absolute Gasteiger partial charge is 0.276 e. The molecule has 9 nitrogen and oxygen atoms in total.